The van der Waals surface area contributed by atoms with Crippen LogP contribution < -0.4 is 0 Å². The highest BCUT2D eigenvalue weighted by Crippen LogP contribution is 2.47. The Morgan fingerprint density at radius 1 is 0.852 bits per heavy atom. The molecule has 1 saturated heterocycles. The maximum atomic E-state index is 6.40. The van der Waals surface area contributed by atoms with E-state index in [0.717, 1.165) is 18.1 Å². The minimum atomic E-state index is 0.444. The van der Waals surface area contributed by atoms with E-state index in [-0.39, 0.29) is 0 Å². The van der Waals surface area contributed by atoms with Crippen LogP contribution in [0.2, 0.25) is 5.02 Å². The van der Waals surface area contributed by atoms with E-state index in [1.807, 2.05) is 0 Å². The van der Waals surface area contributed by atoms with Crippen LogP contribution in [-0.4, -0.2) is 18.0 Å². The van der Waals surface area contributed by atoms with Crippen molar-refractivity contribution in [3.63, 3.8) is 0 Å². The summed E-state index contributed by atoms with van der Waals surface area (Å²) in [6.45, 7) is 3.39. The summed E-state index contributed by atoms with van der Waals surface area (Å²) in [5.41, 5.74) is 5.76. The van der Waals surface area contributed by atoms with Crippen LogP contribution in [0.15, 0.2) is 78.9 Å². The molecule has 3 aromatic carbocycles. The van der Waals surface area contributed by atoms with E-state index in [9.17, 15) is 0 Å². The average molecular weight is 374 g/mol. The fourth-order valence-electron chi connectivity index (χ4n) is 5.19. The molecule has 0 saturated carbocycles. The third-order valence-electron chi connectivity index (χ3n) is 6.33. The molecule has 5 rings (SSSR count). The summed E-state index contributed by atoms with van der Waals surface area (Å²) < 4.78 is 0. The molecule has 136 valence electrons. The van der Waals surface area contributed by atoms with E-state index >= 15 is 0 Å². The van der Waals surface area contributed by atoms with Gasteiger partial charge in [-0.3, -0.25) is 4.90 Å². The first-order valence-corrected chi connectivity index (χ1v) is 10.3. The van der Waals surface area contributed by atoms with Crippen LogP contribution >= 0.6 is 11.6 Å². The lowest BCUT2D eigenvalue weighted by Gasteiger charge is -2.36. The highest BCUT2D eigenvalue weighted by atomic mass is 35.5. The van der Waals surface area contributed by atoms with Crippen molar-refractivity contribution in [1.29, 1.82) is 0 Å². The summed E-state index contributed by atoms with van der Waals surface area (Å²) >= 11 is 6.40. The van der Waals surface area contributed by atoms with E-state index < -0.39 is 0 Å². The van der Waals surface area contributed by atoms with Crippen molar-refractivity contribution in [1.82, 2.24) is 4.90 Å². The molecule has 1 aliphatic heterocycles. The molecule has 1 fully saturated rings. The van der Waals surface area contributed by atoms with Crippen LogP contribution in [-0.2, 0) is 13.0 Å². The molecule has 27 heavy (non-hydrogen) atoms. The molecule has 0 N–H and O–H groups in total. The molecule has 2 heteroatoms. The maximum Gasteiger partial charge on any atom is 0.0409 e. The number of benzene rings is 3. The molecule has 3 atom stereocenters. The van der Waals surface area contributed by atoms with Gasteiger partial charge in [0.15, 0.2) is 0 Å². The van der Waals surface area contributed by atoms with E-state index in [2.05, 4.69) is 83.8 Å². The Kier molecular flexibility index (Phi) is 4.51. The first-order chi connectivity index (χ1) is 13.3. The average Bonchev–Trinajstić information content (AvgIpc) is 3.09. The lowest BCUT2D eigenvalue weighted by molar-refractivity contribution is 0.311. The van der Waals surface area contributed by atoms with Gasteiger partial charge in [0.1, 0.15) is 0 Å². The highest BCUT2D eigenvalue weighted by molar-refractivity contribution is 6.30. The minimum absolute atomic E-state index is 0.444. The monoisotopic (exact) mass is 373 g/mol. The van der Waals surface area contributed by atoms with Gasteiger partial charge in [0.25, 0.3) is 0 Å². The predicted octanol–water partition coefficient (Wildman–Crippen LogP) is 5.78. The van der Waals surface area contributed by atoms with Gasteiger partial charge in [-0.05, 0) is 52.6 Å². The molecule has 0 aromatic heterocycles. The quantitative estimate of drug-likeness (QED) is 0.562. The molecule has 3 unspecified atom stereocenters. The first kappa shape index (κ1) is 17.0. The molecule has 0 amide bonds. The van der Waals surface area contributed by atoms with Gasteiger partial charge in [-0.1, -0.05) is 78.3 Å². The maximum absolute atomic E-state index is 6.40. The lowest BCUT2D eigenvalue weighted by Crippen LogP contribution is -2.29. The van der Waals surface area contributed by atoms with E-state index in [4.69, 9.17) is 11.6 Å². The van der Waals surface area contributed by atoms with Gasteiger partial charge in [-0.2, -0.15) is 0 Å². The standard InChI is InChI=1S/C25H24ClN/c26-22-12-11-20-13-21-16-27(15-18-7-3-1-4-8-18)17-24(21)25(23(20)14-22)19-9-5-2-6-10-19/h1-12,14,21,24-25H,13,15-17H2. The summed E-state index contributed by atoms with van der Waals surface area (Å²) in [4.78, 5) is 2.65. The number of rotatable bonds is 3. The van der Waals surface area contributed by atoms with Crippen molar-refractivity contribution in [3.05, 3.63) is 106 Å². The third kappa shape index (κ3) is 3.31. The van der Waals surface area contributed by atoms with Gasteiger partial charge >= 0.3 is 0 Å². The van der Waals surface area contributed by atoms with Gasteiger partial charge in [0.2, 0.25) is 0 Å². The zero-order valence-corrected chi connectivity index (χ0v) is 16.1. The fourth-order valence-corrected chi connectivity index (χ4v) is 5.37. The molecule has 0 bridgehead atoms. The van der Waals surface area contributed by atoms with Crippen molar-refractivity contribution >= 4 is 11.6 Å². The first-order valence-electron chi connectivity index (χ1n) is 9.87. The third-order valence-corrected chi connectivity index (χ3v) is 6.56. The van der Waals surface area contributed by atoms with Crippen molar-refractivity contribution in [2.75, 3.05) is 13.1 Å². The normalized spacial score (nSPS) is 24.4. The molecule has 0 spiro atoms. The summed E-state index contributed by atoms with van der Waals surface area (Å²) in [6, 6.07) is 28.4. The number of fused-ring (bicyclic) bond motifs is 2. The number of halogens is 1. The Balaban J connectivity index is 1.49. The van der Waals surface area contributed by atoms with Crippen molar-refractivity contribution < 1.29 is 0 Å². The second kappa shape index (κ2) is 7.14. The summed E-state index contributed by atoms with van der Waals surface area (Å²) in [5, 5.41) is 0.854. The Labute approximate surface area is 166 Å². The number of hydrogen-bond donors (Lipinski definition) is 0. The van der Waals surface area contributed by atoms with E-state index in [1.54, 1.807) is 0 Å². The topological polar surface area (TPSA) is 3.24 Å². The molecule has 3 aromatic rings. The van der Waals surface area contributed by atoms with Crippen LogP contribution in [0.4, 0.5) is 0 Å². The van der Waals surface area contributed by atoms with Crippen LogP contribution in [0.3, 0.4) is 0 Å². The second-order valence-corrected chi connectivity index (χ2v) is 8.48. The van der Waals surface area contributed by atoms with Crippen molar-refractivity contribution in [2.45, 2.75) is 18.9 Å². The number of hydrogen-bond acceptors (Lipinski definition) is 1. The highest BCUT2D eigenvalue weighted by Gasteiger charge is 2.43. The Hall–Kier alpha value is -2.09. The minimum Gasteiger partial charge on any atom is -0.298 e. The molecule has 1 nitrogen and oxygen atoms in total. The number of likely N-dealkylation sites (tertiary alicyclic amines) is 1. The zero-order chi connectivity index (χ0) is 18.2. The van der Waals surface area contributed by atoms with Gasteiger partial charge in [-0.25, -0.2) is 0 Å². The Morgan fingerprint density at radius 2 is 1.59 bits per heavy atom. The lowest BCUT2D eigenvalue weighted by atomic mass is 9.68. The summed E-state index contributed by atoms with van der Waals surface area (Å²) in [7, 11) is 0. The SMILES string of the molecule is Clc1ccc2c(c1)C(c1ccccc1)C1CN(Cc3ccccc3)CC1C2. The van der Waals surface area contributed by atoms with Crippen molar-refractivity contribution in [2.24, 2.45) is 11.8 Å². The van der Waals surface area contributed by atoms with Crippen LogP contribution in [0, 0.1) is 11.8 Å². The molecular weight excluding hydrogens is 350 g/mol. The van der Waals surface area contributed by atoms with Crippen molar-refractivity contribution in [3.8, 4) is 0 Å². The van der Waals surface area contributed by atoms with Gasteiger partial charge in [0, 0.05) is 30.6 Å². The van der Waals surface area contributed by atoms with E-state index in [1.165, 1.54) is 35.2 Å². The summed E-state index contributed by atoms with van der Waals surface area (Å²) in [6.07, 6.45) is 1.17. The fraction of sp³-hybridized carbons (Fsp3) is 0.280. The van der Waals surface area contributed by atoms with Crippen LogP contribution in [0.25, 0.3) is 0 Å². The molecule has 0 radical (unpaired) electrons. The summed E-state index contributed by atoms with van der Waals surface area (Å²) in [5.74, 6) is 1.81. The molecular formula is C25H24ClN. The molecule has 1 aliphatic carbocycles. The number of nitrogens with zero attached hydrogens (tertiary/aromatic N) is 1. The molecule has 1 heterocycles. The van der Waals surface area contributed by atoms with Gasteiger partial charge in [0.05, 0.1) is 0 Å². The smallest absolute Gasteiger partial charge is 0.0409 e. The second-order valence-electron chi connectivity index (χ2n) is 8.04. The zero-order valence-electron chi connectivity index (χ0n) is 15.4. The molecule has 2 aliphatic rings. The Morgan fingerprint density at radius 3 is 2.37 bits per heavy atom. The van der Waals surface area contributed by atoms with Crippen LogP contribution in [0.1, 0.15) is 28.2 Å². The Bertz CT molecular complexity index is 922. The predicted molar refractivity (Wildman–Crippen MR) is 112 cm³/mol. The van der Waals surface area contributed by atoms with Crippen LogP contribution in [0.5, 0.6) is 0 Å². The van der Waals surface area contributed by atoms with Gasteiger partial charge in [-0.15, -0.1) is 0 Å². The van der Waals surface area contributed by atoms with Gasteiger partial charge < -0.3 is 0 Å². The van der Waals surface area contributed by atoms with E-state index in [0.29, 0.717) is 17.8 Å². The largest absolute Gasteiger partial charge is 0.298 e.